The Labute approximate surface area is 161 Å². The molecule has 1 aromatic heterocycles. The monoisotopic (exact) mass is 404 g/mol. The van der Waals surface area contributed by atoms with Gasteiger partial charge in [-0.15, -0.1) is 0 Å². The number of aromatic amines is 1. The van der Waals surface area contributed by atoms with Gasteiger partial charge < -0.3 is 5.32 Å². The number of carbonyl (C=O) groups is 1. The molecule has 2 aromatic carbocycles. The van der Waals surface area contributed by atoms with Gasteiger partial charge in [-0.1, -0.05) is 23.7 Å². The van der Waals surface area contributed by atoms with Crippen molar-refractivity contribution >= 4 is 49.9 Å². The van der Waals surface area contributed by atoms with E-state index in [0.29, 0.717) is 40.4 Å². The predicted octanol–water partition coefficient (Wildman–Crippen LogP) is 2.94. The summed E-state index contributed by atoms with van der Waals surface area (Å²) in [6.45, 7) is 0.460. The number of sulfonamides is 1. The van der Waals surface area contributed by atoms with E-state index in [0.717, 1.165) is 5.56 Å². The molecule has 0 radical (unpaired) electrons. The van der Waals surface area contributed by atoms with Gasteiger partial charge in [0.25, 0.3) is 0 Å². The molecule has 0 spiro atoms. The summed E-state index contributed by atoms with van der Waals surface area (Å²) in [6, 6.07) is 12.3. The third-order valence-electron chi connectivity index (χ3n) is 4.45. The third-order valence-corrected chi connectivity index (χ3v) is 6.55. The number of hydrogen-bond donors (Lipinski definition) is 2. The maximum Gasteiger partial charge on any atom is 0.235 e. The standard InChI is InChI=1S/C18H17ClN4O3S/c19-13-4-1-3-12(9-13)10-17(24)20-18-15-11-14(5-6-16(15)21-22-18)23-7-2-8-27(23,25)26/h1,3-6,9,11H,2,7-8,10H2,(H2,20,21,22,24). The van der Waals surface area contributed by atoms with Gasteiger partial charge in [0.05, 0.1) is 23.4 Å². The minimum absolute atomic E-state index is 0.152. The van der Waals surface area contributed by atoms with Crippen LogP contribution in [0.15, 0.2) is 42.5 Å². The summed E-state index contributed by atoms with van der Waals surface area (Å²) in [5, 5.41) is 11.0. The van der Waals surface area contributed by atoms with E-state index in [2.05, 4.69) is 15.5 Å². The van der Waals surface area contributed by atoms with Crippen molar-refractivity contribution in [2.45, 2.75) is 12.8 Å². The molecule has 140 valence electrons. The number of H-pyrrole nitrogens is 1. The zero-order valence-electron chi connectivity index (χ0n) is 14.3. The Hall–Kier alpha value is -2.58. The molecular formula is C18H17ClN4O3S. The van der Waals surface area contributed by atoms with Crippen molar-refractivity contribution in [2.24, 2.45) is 0 Å². The summed E-state index contributed by atoms with van der Waals surface area (Å²) in [7, 11) is -3.27. The van der Waals surface area contributed by atoms with Crippen molar-refractivity contribution in [3.8, 4) is 0 Å². The average Bonchev–Trinajstić information content (AvgIpc) is 3.17. The lowest BCUT2D eigenvalue weighted by molar-refractivity contribution is -0.115. The topological polar surface area (TPSA) is 95.2 Å². The van der Waals surface area contributed by atoms with Gasteiger partial charge in [0, 0.05) is 17.0 Å². The maximum atomic E-state index is 12.4. The van der Waals surface area contributed by atoms with Crippen LogP contribution in [0.25, 0.3) is 10.9 Å². The average molecular weight is 405 g/mol. The molecule has 4 rings (SSSR count). The van der Waals surface area contributed by atoms with Crippen LogP contribution in [0.3, 0.4) is 0 Å². The number of hydrogen-bond acceptors (Lipinski definition) is 4. The van der Waals surface area contributed by atoms with Crippen LogP contribution in [0.5, 0.6) is 0 Å². The lowest BCUT2D eigenvalue weighted by Crippen LogP contribution is -2.24. The summed E-state index contributed by atoms with van der Waals surface area (Å²) in [5.41, 5.74) is 2.09. The summed E-state index contributed by atoms with van der Waals surface area (Å²) in [4.78, 5) is 12.4. The van der Waals surface area contributed by atoms with E-state index in [-0.39, 0.29) is 18.1 Å². The van der Waals surface area contributed by atoms with Gasteiger partial charge in [-0.05, 0) is 42.3 Å². The largest absolute Gasteiger partial charge is 0.308 e. The highest BCUT2D eigenvalue weighted by Crippen LogP contribution is 2.30. The Morgan fingerprint density at radius 3 is 2.85 bits per heavy atom. The van der Waals surface area contributed by atoms with Gasteiger partial charge in [0.2, 0.25) is 15.9 Å². The van der Waals surface area contributed by atoms with Crippen molar-refractivity contribution in [3.63, 3.8) is 0 Å². The fraction of sp³-hybridized carbons (Fsp3) is 0.222. The first kappa shape index (κ1) is 17.8. The molecular weight excluding hydrogens is 388 g/mol. The molecule has 0 atom stereocenters. The predicted molar refractivity (Wildman–Crippen MR) is 106 cm³/mol. The molecule has 1 aliphatic heterocycles. The quantitative estimate of drug-likeness (QED) is 0.698. The van der Waals surface area contributed by atoms with Crippen LogP contribution in [-0.2, 0) is 21.2 Å². The Kier molecular flexibility index (Phi) is 4.53. The number of aromatic nitrogens is 2. The van der Waals surface area contributed by atoms with Gasteiger partial charge in [-0.25, -0.2) is 8.42 Å². The van der Waals surface area contributed by atoms with Crippen LogP contribution in [0.1, 0.15) is 12.0 Å². The molecule has 0 bridgehead atoms. The van der Waals surface area contributed by atoms with Crippen LogP contribution in [0.2, 0.25) is 5.02 Å². The molecule has 27 heavy (non-hydrogen) atoms. The number of fused-ring (bicyclic) bond motifs is 1. The number of nitrogens with zero attached hydrogens (tertiary/aromatic N) is 2. The second-order valence-corrected chi connectivity index (χ2v) is 8.85. The van der Waals surface area contributed by atoms with Gasteiger partial charge in [-0.3, -0.25) is 14.2 Å². The van der Waals surface area contributed by atoms with E-state index < -0.39 is 10.0 Å². The van der Waals surface area contributed by atoms with Gasteiger partial charge in [-0.2, -0.15) is 5.10 Å². The number of anilines is 2. The highest BCUT2D eigenvalue weighted by molar-refractivity contribution is 7.93. The number of benzene rings is 2. The second-order valence-electron chi connectivity index (χ2n) is 6.40. The van der Waals surface area contributed by atoms with Gasteiger partial charge in [0.15, 0.2) is 5.82 Å². The molecule has 2 heterocycles. The van der Waals surface area contributed by atoms with Crippen LogP contribution in [-0.4, -0.2) is 36.8 Å². The van der Waals surface area contributed by atoms with E-state index in [9.17, 15) is 13.2 Å². The van der Waals surface area contributed by atoms with Gasteiger partial charge >= 0.3 is 0 Å². The first-order valence-corrected chi connectivity index (χ1v) is 10.4. The summed E-state index contributed by atoms with van der Waals surface area (Å²) in [6.07, 6.45) is 0.768. The SMILES string of the molecule is O=C(Cc1cccc(Cl)c1)Nc1n[nH]c2ccc(N3CCCS3(=O)=O)cc12. The Bertz CT molecular complexity index is 1130. The zero-order valence-corrected chi connectivity index (χ0v) is 15.8. The summed E-state index contributed by atoms with van der Waals surface area (Å²) < 4.78 is 25.7. The number of halogens is 1. The number of amides is 1. The zero-order chi connectivity index (χ0) is 19.0. The molecule has 1 fully saturated rings. The van der Waals surface area contributed by atoms with Crippen molar-refractivity contribution in [3.05, 3.63) is 53.1 Å². The molecule has 2 N–H and O–H groups in total. The Morgan fingerprint density at radius 2 is 2.11 bits per heavy atom. The van der Waals surface area contributed by atoms with E-state index in [1.54, 1.807) is 36.4 Å². The lowest BCUT2D eigenvalue weighted by Gasteiger charge is -2.16. The minimum atomic E-state index is -3.27. The summed E-state index contributed by atoms with van der Waals surface area (Å²) in [5.74, 6) is 0.292. The fourth-order valence-corrected chi connectivity index (χ4v) is 4.96. The smallest absolute Gasteiger partial charge is 0.235 e. The van der Waals surface area contributed by atoms with Crippen LogP contribution >= 0.6 is 11.6 Å². The number of rotatable bonds is 4. The van der Waals surface area contributed by atoms with Crippen LogP contribution < -0.4 is 9.62 Å². The maximum absolute atomic E-state index is 12.4. The highest BCUT2D eigenvalue weighted by Gasteiger charge is 2.28. The van der Waals surface area contributed by atoms with Crippen LogP contribution in [0.4, 0.5) is 11.5 Å². The molecule has 1 aliphatic rings. The van der Waals surface area contributed by atoms with Crippen molar-refractivity contribution in [1.29, 1.82) is 0 Å². The Balaban J connectivity index is 1.59. The van der Waals surface area contributed by atoms with E-state index >= 15 is 0 Å². The van der Waals surface area contributed by atoms with Crippen molar-refractivity contribution in [1.82, 2.24) is 10.2 Å². The molecule has 0 saturated carbocycles. The first-order chi connectivity index (χ1) is 12.9. The molecule has 0 aliphatic carbocycles. The van der Waals surface area contributed by atoms with Crippen LogP contribution in [0, 0.1) is 0 Å². The molecule has 3 aromatic rings. The van der Waals surface area contributed by atoms with Crippen molar-refractivity contribution in [2.75, 3.05) is 21.9 Å². The molecule has 1 saturated heterocycles. The van der Waals surface area contributed by atoms with Gasteiger partial charge in [0.1, 0.15) is 0 Å². The summed E-state index contributed by atoms with van der Waals surface area (Å²) >= 11 is 5.95. The number of carbonyl (C=O) groups excluding carboxylic acids is 1. The first-order valence-electron chi connectivity index (χ1n) is 8.45. The second kappa shape index (κ2) is 6.86. The van der Waals surface area contributed by atoms with E-state index in [4.69, 9.17) is 11.6 Å². The molecule has 7 nitrogen and oxygen atoms in total. The molecule has 1 amide bonds. The molecule has 0 unspecified atom stereocenters. The molecule has 9 heteroatoms. The third kappa shape index (κ3) is 3.63. The minimum Gasteiger partial charge on any atom is -0.308 e. The lowest BCUT2D eigenvalue weighted by atomic mass is 10.1. The fourth-order valence-electron chi connectivity index (χ4n) is 3.19. The van der Waals surface area contributed by atoms with E-state index in [1.807, 2.05) is 6.07 Å². The Morgan fingerprint density at radius 1 is 1.26 bits per heavy atom. The number of nitrogens with one attached hydrogen (secondary N) is 2. The normalized spacial score (nSPS) is 16.0. The van der Waals surface area contributed by atoms with Crippen molar-refractivity contribution < 1.29 is 13.2 Å². The highest BCUT2D eigenvalue weighted by atomic mass is 35.5. The van der Waals surface area contributed by atoms with E-state index in [1.165, 1.54) is 4.31 Å².